The van der Waals surface area contributed by atoms with E-state index in [1.165, 1.54) is 11.1 Å². The van der Waals surface area contributed by atoms with Crippen LogP contribution in [0.15, 0.2) is 73.1 Å². The van der Waals surface area contributed by atoms with E-state index in [-0.39, 0.29) is 12.1 Å². The van der Waals surface area contributed by atoms with Crippen LogP contribution in [0.3, 0.4) is 0 Å². The van der Waals surface area contributed by atoms with E-state index in [0.29, 0.717) is 5.11 Å². The van der Waals surface area contributed by atoms with E-state index in [1.54, 1.807) is 0 Å². The van der Waals surface area contributed by atoms with Gasteiger partial charge in [-0.1, -0.05) is 31.2 Å². The predicted molar refractivity (Wildman–Crippen MR) is 142 cm³/mol. The summed E-state index contributed by atoms with van der Waals surface area (Å²) in [5.41, 5.74) is 8.01. The van der Waals surface area contributed by atoms with Gasteiger partial charge in [0.25, 0.3) is 0 Å². The minimum absolute atomic E-state index is 0.0414. The third-order valence-corrected chi connectivity index (χ3v) is 6.95. The van der Waals surface area contributed by atoms with E-state index in [9.17, 15) is 0 Å². The third-order valence-electron chi connectivity index (χ3n) is 6.63. The highest BCUT2D eigenvalue weighted by Crippen LogP contribution is 2.43. The highest BCUT2D eigenvalue weighted by atomic mass is 32.1. The molecule has 34 heavy (non-hydrogen) atoms. The van der Waals surface area contributed by atoms with Crippen molar-refractivity contribution in [2.75, 3.05) is 4.90 Å². The fourth-order valence-corrected chi connectivity index (χ4v) is 5.22. The van der Waals surface area contributed by atoms with Gasteiger partial charge in [0.1, 0.15) is 5.82 Å². The molecule has 1 aromatic carbocycles. The lowest BCUT2D eigenvalue weighted by Crippen LogP contribution is -2.29. The molecule has 1 N–H and O–H groups in total. The molecule has 172 valence electrons. The first-order valence-electron chi connectivity index (χ1n) is 11.7. The van der Waals surface area contributed by atoms with Crippen LogP contribution in [0.5, 0.6) is 0 Å². The van der Waals surface area contributed by atoms with Crippen molar-refractivity contribution in [1.29, 1.82) is 0 Å². The molecule has 1 aliphatic heterocycles. The van der Waals surface area contributed by atoms with Gasteiger partial charge in [-0.3, -0.25) is 4.98 Å². The van der Waals surface area contributed by atoms with Crippen molar-refractivity contribution in [3.05, 3.63) is 107 Å². The molecular formula is C28H29N5S. The predicted octanol–water partition coefficient (Wildman–Crippen LogP) is 5.93. The molecule has 5 rings (SSSR count). The highest BCUT2D eigenvalue weighted by Gasteiger charge is 2.42. The van der Waals surface area contributed by atoms with Crippen LogP contribution in [0.25, 0.3) is 5.82 Å². The Morgan fingerprint density at radius 2 is 1.76 bits per heavy atom. The van der Waals surface area contributed by atoms with Gasteiger partial charge in [-0.25, -0.2) is 4.98 Å². The van der Waals surface area contributed by atoms with Crippen molar-refractivity contribution in [3.8, 4) is 5.82 Å². The number of anilines is 1. The standard InChI is InChI=1S/C28H29N5S/c1-5-21-10-12-22(13-11-21)33-27(26(31-28(33)34)24-8-6-7-15-29-24)23-16-19(3)32(20(23)4)25-14-9-18(2)17-30-25/h6-17,26-27H,5H2,1-4H3,(H,31,34)/t26-,27-/m1/s1. The molecule has 3 aromatic heterocycles. The SMILES string of the molecule is CCc1ccc(N2C(=S)N[C@H](c3ccccn3)[C@H]2c2cc(C)n(-c3ccc(C)cn3)c2C)cc1. The number of aryl methyl sites for hydroxylation is 3. The molecule has 5 nitrogen and oxygen atoms in total. The lowest BCUT2D eigenvalue weighted by Gasteiger charge is -2.28. The van der Waals surface area contributed by atoms with Crippen LogP contribution in [0.2, 0.25) is 0 Å². The Morgan fingerprint density at radius 3 is 2.41 bits per heavy atom. The Labute approximate surface area is 206 Å². The minimum Gasteiger partial charge on any atom is -0.351 e. The highest BCUT2D eigenvalue weighted by molar-refractivity contribution is 7.80. The van der Waals surface area contributed by atoms with Crippen LogP contribution < -0.4 is 10.2 Å². The van der Waals surface area contributed by atoms with E-state index in [1.807, 2.05) is 24.5 Å². The molecule has 1 fully saturated rings. The maximum absolute atomic E-state index is 5.90. The molecule has 4 heterocycles. The number of nitrogens with one attached hydrogen (secondary N) is 1. The summed E-state index contributed by atoms with van der Waals surface area (Å²) in [6, 6.07) is 21.1. The first kappa shape index (κ1) is 22.3. The summed E-state index contributed by atoms with van der Waals surface area (Å²) in [7, 11) is 0. The molecule has 0 radical (unpaired) electrons. The molecule has 0 amide bonds. The fraction of sp³-hybridized carbons (Fsp3) is 0.250. The molecule has 0 aliphatic carbocycles. The number of benzene rings is 1. The quantitative estimate of drug-likeness (QED) is 0.369. The van der Waals surface area contributed by atoms with Gasteiger partial charge in [-0.15, -0.1) is 0 Å². The molecule has 0 spiro atoms. The van der Waals surface area contributed by atoms with Gasteiger partial charge in [0.15, 0.2) is 5.11 Å². The maximum atomic E-state index is 5.90. The van der Waals surface area contributed by atoms with Gasteiger partial charge >= 0.3 is 0 Å². The Morgan fingerprint density at radius 1 is 0.971 bits per heavy atom. The fourth-order valence-electron chi connectivity index (χ4n) is 4.87. The average Bonchev–Trinajstić information content (AvgIpc) is 3.35. The van der Waals surface area contributed by atoms with Crippen LogP contribution in [-0.2, 0) is 6.42 Å². The zero-order valence-electron chi connectivity index (χ0n) is 20.0. The molecule has 2 atom stereocenters. The zero-order valence-corrected chi connectivity index (χ0v) is 20.8. The van der Waals surface area contributed by atoms with Gasteiger partial charge in [0.2, 0.25) is 0 Å². The zero-order chi connectivity index (χ0) is 23.8. The molecule has 0 unspecified atom stereocenters. The summed E-state index contributed by atoms with van der Waals surface area (Å²) in [6.45, 7) is 8.53. The summed E-state index contributed by atoms with van der Waals surface area (Å²) in [6.07, 6.45) is 4.77. The number of thiocarbonyl (C=S) groups is 1. The minimum atomic E-state index is -0.0699. The van der Waals surface area contributed by atoms with Crippen molar-refractivity contribution >= 4 is 23.0 Å². The smallest absolute Gasteiger partial charge is 0.174 e. The maximum Gasteiger partial charge on any atom is 0.174 e. The van der Waals surface area contributed by atoms with Gasteiger partial charge in [-0.2, -0.15) is 0 Å². The average molecular weight is 468 g/mol. The van der Waals surface area contributed by atoms with Gasteiger partial charge in [-0.05, 0) is 92.5 Å². The number of pyridine rings is 2. The Balaban J connectivity index is 1.66. The number of aromatic nitrogens is 3. The first-order chi connectivity index (χ1) is 16.5. The monoisotopic (exact) mass is 467 g/mol. The first-order valence-corrected chi connectivity index (χ1v) is 12.1. The van der Waals surface area contributed by atoms with Gasteiger partial charge < -0.3 is 14.8 Å². The number of nitrogens with zero attached hydrogens (tertiary/aromatic N) is 4. The van der Waals surface area contributed by atoms with E-state index in [4.69, 9.17) is 17.2 Å². The van der Waals surface area contributed by atoms with Crippen LogP contribution >= 0.6 is 12.2 Å². The number of hydrogen-bond acceptors (Lipinski definition) is 3. The van der Waals surface area contributed by atoms with Crippen molar-refractivity contribution in [2.45, 2.75) is 46.2 Å². The lowest BCUT2D eigenvalue weighted by molar-refractivity contribution is 0.565. The summed E-state index contributed by atoms with van der Waals surface area (Å²) < 4.78 is 2.23. The molecule has 0 saturated carbocycles. The molecular weight excluding hydrogens is 438 g/mol. The number of rotatable bonds is 5. The Kier molecular flexibility index (Phi) is 5.92. The molecule has 4 aromatic rings. The van der Waals surface area contributed by atoms with Crippen molar-refractivity contribution in [3.63, 3.8) is 0 Å². The summed E-state index contributed by atoms with van der Waals surface area (Å²) in [4.78, 5) is 11.6. The third kappa shape index (κ3) is 3.88. The van der Waals surface area contributed by atoms with Gasteiger partial charge in [0.05, 0.1) is 17.8 Å². The molecule has 6 heteroatoms. The summed E-state index contributed by atoms with van der Waals surface area (Å²) in [5.74, 6) is 0.925. The van der Waals surface area contributed by atoms with E-state index in [2.05, 4.69) is 96.0 Å². The lowest BCUT2D eigenvalue weighted by atomic mass is 9.96. The van der Waals surface area contributed by atoms with Crippen molar-refractivity contribution in [1.82, 2.24) is 19.9 Å². The van der Waals surface area contributed by atoms with Crippen LogP contribution in [-0.4, -0.2) is 19.6 Å². The van der Waals surface area contributed by atoms with E-state index in [0.717, 1.165) is 40.6 Å². The normalized spacial score (nSPS) is 17.8. The molecule has 1 saturated heterocycles. The largest absolute Gasteiger partial charge is 0.351 e. The molecule has 0 bridgehead atoms. The topological polar surface area (TPSA) is 46.0 Å². The summed E-state index contributed by atoms with van der Waals surface area (Å²) >= 11 is 5.90. The number of hydrogen-bond donors (Lipinski definition) is 1. The van der Waals surface area contributed by atoms with E-state index >= 15 is 0 Å². The van der Waals surface area contributed by atoms with Gasteiger partial charge in [0, 0.05) is 29.5 Å². The second-order valence-corrected chi connectivity index (χ2v) is 9.26. The van der Waals surface area contributed by atoms with Crippen LogP contribution in [0.1, 0.15) is 52.8 Å². The summed E-state index contributed by atoms with van der Waals surface area (Å²) in [5, 5.41) is 4.28. The van der Waals surface area contributed by atoms with E-state index < -0.39 is 0 Å². The Hall–Kier alpha value is -3.51. The van der Waals surface area contributed by atoms with Crippen molar-refractivity contribution < 1.29 is 0 Å². The van der Waals surface area contributed by atoms with Crippen LogP contribution in [0.4, 0.5) is 5.69 Å². The second-order valence-electron chi connectivity index (χ2n) is 8.87. The Bertz CT molecular complexity index is 1310. The molecule has 1 aliphatic rings. The van der Waals surface area contributed by atoms with Crippen LogP contribution in [0, 0.1) is 20.8 Å². The van der Waals surface area contributed by atoms with Crippen molar-refractivity contribution in [2.24, 2.45) is 0 Å². The second kappa shape index (κ2) is 9.03.